The van der Waals surface area contributed by atoms with Crippen molar-refractivity contribution in [3.8, 4) is 0 Å². The fourth-order valence-electron chi connectivity index (χ4n) is 3.49. The molecular formula is C17H26ClN. The van der Waals surface area contributed by atoms with Gasteiger partial charge in [-0.25, -0.2) is 0 Å². The predicted octanol–water partition coefficient (Wildman–Crippen LogP) is 4.82. The van der Waals surface area contributed by atoms with Gasteiger partial charge in [0.25, 0.3) is 0 Å². The van der Waals surface area contributed by atoms with E-state index in [9.17, 15) is 0 Å². The molecule has 1 aliphatic carbocycles. The van der Waals surface area contributed by atoms with Crippen LogP contribution in [0.4, 0.5) is 0 Å². The van der Waals surface area contributed by atoms with E-state index in [-0.39, 0.29) is 5.41 Å². The van der Waals surface area contributed by atoms with E-state index in [2.05, 4.69) is 19.1 Å². The summed E-state index contributed by atoms with van der Waals surface area (Å²) in [5.74, 6) is 0.927. The highest BCUT2D eigenvalue weighted by molar-refractivity contribution is 6.31. The predicted molar refractivity (Wildman–Crippen MR) is 83.5 cm³/mol. The topological polar surface area (TPSA) is 26.0 Å². The average Bonchev–Trinajstić information content (AvgIpc) is 2.44. The van der Waals surface area contributed by atoms with E-state index in [1.54, 1.807) is 0 Å². The second-order valence-corrected chi connectivity index (χ2v) is 6.61. The number of halogens is 1. The maximum atomic E-state index is 6.30. The lowest BCUT2D eigenvalue weighted by Gasteiger charge is -2.40. The van der Waals surface area contributed by atoms with Gasteiger partial charge in [-0.05, 0) is 61.6 Å². The van der Waals surface area contributed by atoms with Crippen LogP contribution in [0, 0.1) is 11.3 Å². The Labute approximate surface area is 122 Å². The van der Waals surface area contributed by atoms with Crippen LogP contribution in [0.25, 0.3) is 0 Å². The smallest absolute Gasteiger partial charge is 0.0438 e. The Kier molecular flexibility index (Phi) is 5.29. The molecule has 0 heterocycles. The summed E-state index contributed by atoms with van der Waals surface area (Å²) in [6, 6.07) is 8.22. The summed E-state index contributed by atoms with van der Waals surface area (Å²) >= 11 is 6.30. The van der Waals surface area contributed by atoms with Gasteiger partial charge in [-0.3, -0.25) is 0 Å². The van der Waals surface area contributed by atoms with E-state index in [0.29, 0.717) is 0 Å². The lowest BCUT2D eigenvalue weighted by molar-refractivity contribution is 0.151. The van der Waals surface area contributed by atoms with Crippen LogP contribution < -0.4 is 5.73 Å². The SMILES string of the molecule is CCCC1CCC(CN)(Cc2ccccc2Cl)CC1. The van der Waals surface area contributed by atoms with Crippen LogP contribution in [0.3, 0.4) is 0 Å². The van der Waals surface area contributed by atoms with Gasteiger partial charge in [0.2, 0.25) is 0 Å². The molecule has 2 rings (SSSR count). The van der Waals surface area contributed by atoms with E-state index < -0.39 is 0 Å². The Bertz CT molecular complexity index is 394. The molecule has 0 aliphatic heterocycles. The molecule has 1 saturated carbocycles. The third-order valence-corrected chi connectivity index (χ3v) is 5.19. The van der Waals surface area contributed by atoms with Crippen LogP contribution in [0.15, 0.2) is 24.3 Å². The van der Waals surface area contributed by atoms with Crippen LogP contribution in [0.5, 0.6) is 0 Å². The first-order valence-electron chi connectivity index (χ1n) is 7.62. The zero-order chi connectivity index (χ0) is 13.7. The normalized spacial score (nSPS) is 27.4. The summed E-state index contributed by atoms with van der Waals surface area (Å²) in [6.45, 7) is 3.07. The lowest BCUT2D eigenvalue weighted by Crippen LogP contribution is -2.37. The minimum atomic E-state index is 0.287. The molecule has 0 radical (unpaired) electrons. The molecule has 0 saturated heterocycles. The molecule has 106 valence electrons. The highest BCUT2D eigenvalue weighted by Gasteiger charge is 2.34. The van der Waals surface area contributed by atoms with E-state index in [1.165, 1.54) is 44.1 Å². The number of hydrogen-bond donors (Lipinski definition) is 1. The summed E-state index contributed by atoms with van der Waals surface area (Å²) in [4.78, 5) is 0. The maximum Gasteiger partial charge on any atom is 0.0438 e. The minimum Gasteiger partial charge on any atom is -0.330 e. The number of hydrogen-bond acceptors (Lipinski definition) is 1. The van der Waals surface area contributed by atoms with Gasteiger partial charge in [0.1, 0.15) is 0 Å². The highest BCUT2D eigenvalue weighted by Crippen LogP contribution is 2.42. The Morgan fingerprint density at radius 2 is 1.95 bits per heavy atom. The number of benzene rings is 1. The van der Waals surface area contributed by atoms with Gasteiger partial charge >= 0.3 is 0 Å². The molecule has 0 unspecified atom stereocenters. The van der Waals surface area contributed by atoms with Crippen molar-refractivity contribution in [2.24, 2.45) is 17.1 Å². The maximum absolute atomic E-state index is 6.30. The standard InChI is InChI=1S/C17H26ClN/c1-2-5-14-8-10-17(13-19,11-9-14)12-15-6-3-4-7-16(15)18/h3-4,6-7,14H,2,5,8-13,19H2,1H3. The molecule has 2 heteroatoms. The minimum absolute atomic E-state index is 0.287. The summed E-state index contributed by atoms with van der Waals surface area (Å²) in [5, 5.41) is 0.894. The van der Waals surface area contributed by atoms with Crippen molar-refractivity contribution in [1.29, 1.82) is 0 Å². The highest BCUT2D eigenvalue weighted by atomic mass is 35.5. The van der Waals surface area contributed by atoms with E-state index in [4.69, 9.17) is 17.3 Å². The zero-order valence-electron chi connectivity index (χ0n) is 12.0. The molecule has 2 N–H and O–H groups in total. The largest absolute Gasteiger partial charge is 0.330 e. The number of nitrogens with two attached hydrogens (primary N) is 1. The first kappa shape index (κ1) is 14.9. The summed E-state index contributed by atoms with van der Waals surface area (Å²) in [7, 11) is 0. The Morgan fingerprint density at radius 1 is 1.26 bits per heavy atom. The van der Waals surface area contributed by atoms with Gasteiger partial charge < -0.3 is 5.73 Å². The molecule has 19 heavy (non-hydrogen) atoms. The summed E-state index contributed by atoms with van der Waals surface area (Å²) < 4.78 is 0. The molecule has 0 spiro atoms. The monoisotopic (exact) mass is 279 g/mol. The molecule has 1 aromatic rings. The third kappa shape index (κ3) is 3.73. The van der Waals surface area contributed by atoms with Crippen LogP contribution in [0.1, 0.15) is 51.0 Å². The summed E-state index contributed by atoms with van der Waals surface area (Å²) in [5.41, 5.74) is 7.67. The first-order valence-corrected chi connectivity index (χ1v) is 8.00. The molecule has 1 fully saturated rings. The third-order valence-electron chi connectivity index (χ3n) is 4.82. The Balaban J connectivity index is 2.02. The molecule has 0 amide bonds. The zero-order valence-corrected chi connectivity index (χ0v) is 12.8. The van der Waals surface area contributed by atoms with Gasteiger partial charge in [-0.15, -0.1) is 0 Å². The number of rotatable bonds is 5. The Hall–Kier alpha value is -0.530. The summed E-state index contributed by atoms with van der Waals surface area (Å²) in [6.07, 6.45) is 8.95. The molecular weight excluding hydrogens is 254 g/mol. The van der Waals surface area contributed by atoms with Gasteiger partial charge in [0.15, 0.2) is 0 Å². The molecule has 1 aromatic carbocycles. The van der Waals surface area contributed by atoms with E-state index in [1.807, 2.05) is 12.1 Å². The molecule has 1 nitrogen and oxygen atoms in total. The second-order valence-electron chi connectivity index (χ2n) is 6.20. The van der Waals surface area contributed by atoms with Crippen LogP contribution in [-0.2, 0) is 6.42 Å². The van der Waals surface area contributed by atoms with Gasteiger partial charge in [0.05, 0.1) is 0 Å². The average molecular weight is 280 g/mol. The van der Waals surface area contributed by atoms with E-state index >= 15 is 0 Å². The molecule has 0 aromatic heterocycles. The second kappa shape index (κ2) is 6.76. The van der Waals surface area contributed by atoms with Crippen LogP contribution in [0.2, 0.25) is 5.02 Å². The van der Waals surface area contributed by atoms with Crippen molar-refractivity contribution in [2.45, 2.75) is 51.9 Å². The van der Waals surface area contributed by atoms with Gasteiger partial charge in [0, 0.05) is 5.02 Å². The van der Waals surface area contributed by atoms with Crippen LogP contribution >= 0.6 is 11.6 Å². The van der Waals surface area contributed by atoms with Crippen molar-refractivity contribution >= 4 is 11.6 Å². The molecule has 0 atom stereocenters. The van der Waals surface area contributed by atoms with Crippen molar-refractivity contribution in [3.05, 3.63) is 34.9 Å². The lowest BCUT2D eigenvalue weighted by atomic mass is 9.67. The molecule has 1 aliphatic rings. The quantitative estimate of drug-likeness (QED) is 0.822. The van der Waals surface area contributed by atoms with Gasteiger partial charge in [-0.1, -0.05) is 49.6 Å². The van der Waals surface area contributed by atoms with Crippen molar-refractivity contribution in [3.63, 3.8) is 0 Å². The first-order chi connectivity index (χ1) is 9.19. The van der Waals surface area contributed by atoms with E-state index in [0.717, 1.165) is 23.9 Å². The van der Waals surface area contributed by atoms with Crippen molar-refractivity contribution in [1.82, 2.24) is 0 Å². The van der Waals surface area contributed by atoms with Crippen LogP contribution in [-0.4, -0.2) is 6.54 Å². The van der Waals surface area contributed by atoms with Crippen molar-refractivity contribution < 1.29 is 0 Å². The fourth-order valence-corrected chi connectivity index (χ4v) is 3.69. The van der Waals surface area contributed by atoms with Gasteiger partial charge in [-0.2, -0.15) is 0 Å². The Morgan fingerprint density at radius 3 is 2.53 bits per heavy atom. The van der Waals surface area contributed by atoms with Crippen molar-refractivity contribution in [2.75, 3.05) is 6.54 Å². The fraction of sp³-hybridized carbons (Fsp3) is 0.647. The molecule has 0 bridgehead atoms.